The van der Waals surface area contributed by atoms with E-state index in [0.717, 1.165) is 23.3 Å². The van der Waals surface area contributed by atoms with Gasteiger partial charge in [0.15, 0.2) is 6.10 Å². The zero-order valence-corrected chi connectivity index (χ0v) is 18.8. The molecule has 0 radical (unpaired) electrons. The maximum Gasteiger partial charge on any atom is 0.420 e. The minimum atomic E-state index is -4.68. The molecule has 0 bridgehead atoms. The van der Waals surface area contributed by atoms with Crippen LogP contribution in [0.3, 0.4) is 0 Å². The molecule has 0 aliphatic heterocycles. The molecule has 3 aromatic rings. The van der Waals surface area contributed by atoms with Gasteiger partial charge in [0.25, 0.3) is 0 Å². The molecule has 0 amide bonds. The molecule has 0 fully saturated rings. The predicted molar refractivity (Wildman–Crippen MR) is 117 cm³/mol. The second-order valence-electron chi connectivity index (χ2n) is 7.00. The highest BCUT2D eigenvalue weighted by Crippen LogP contribution is 2.40. The maximum absolute atomic E-state index is 13.6. The fourth-order valence-corrected chi connectivity index (χ4v) is 4.07. The van der Waals surface area contributed by atoms with Gasteiger partial charge in [-0.25, -0.2) is 4.79 Å². The van der Waals surface area contributed by atoms with Crippen molar-refractivity contribution in [1.29, 1.82) is 0 Å². The smallest absolute Gasteiger partial charge is 0.420 e. The molecule has 0 saturated heterocycles. The lowest BCUT2D eigenvalue weighted by Gasteiger charge is -2.18. The quantitative estimate of drug-likeness (QED) is 0.336. The number of halogens is 4. The Balaban J connectivity index is 1.79. The number of carbonyl (C=O) groups is 1. The summed E-state index contributed by atoms with van der Waals surface area (Å²) < 4.78 is 51.6. The van der Waals surface area contributed by atoms with Gasteiger partial charge in [0.2, 0.25) is 0 Å². The van der Waals surface area contributed by atoms with E-state index >= 15 is 0 Å². The summed E-state index contributed by atoms with van der Waals surface area (Å²) in [6.45, 7) is 3.33. The number of thioether (sulfide) groups is 1. The Morgan fingerprint density at radius 3 is 2.47 bits per heavy atom. The second kappa shape index (κ2) is 9.92. The third-order valence-corrected chi connectivity index (χ3v) is 6.01. The van der Waals surface area contributed by atoms with Crippen molar-refractivity contribution in [3.8, 4) is 17.1 Å². The van der Waals surface area contributed by atoms with Crippen LogP contribution in [-0.2, 0) is 16.7 Å². The van der Waals surface area contributed by atoms with E-state index in [4.69, 9.17) is 25.9 Å². The summed E-state index contributed by atoms with van der Waals surface area (Å²) in [6.07, 6.45) is -6.00. The van der Waals surface area contributed by atoms with Crippen LogP contribution in [0.4, 0.5) is 13.2 Å². The number of carboxylic acid groups (broad SMARTS) is 1. The fourth-order valence-electron chi connectivity index (χ4n) is 2.97. The molecule has 0 aliphatic rings. The highest BCUT2D eigenvalue weighted by molar-refractivity contribution is 7.98. The zero-order valence-electron chi connectivity index (χ0n) is 17.2. The molecule has 32 heavy (non-hydrogen) atoms. The second-order valence-corrected chi connectivity index (χ2v) is 8.48. The first-order valence-electron chi connectivity index (χ1n) is 9.67. The lowest BCUT2D eigenvalue weighted by Crippen LogP contribution is -2.27. The maximum atomic E-state index is 13.6. The molecule has 9 heteroatoms. The Labute approximate surface area is 192 Å². The minimum Gasteiger partial charge on any atom is -0.479 e. The summed E-state index contributed by atoms with van der Waals surface area (Å²) in [5, 5.41) is 9.70. The van der Waals surface area contributed by atoms with Gasteiger partial charge in [-0.3, -0.25) is 0 Å². The molecule has 2 aromatic carbocycles. The van der Waals surface area contributed by atoms with E-state index in [-0.39, 0.29) is 6.42 Å². The van der Waals surface area contributed by atoms with Gasteiger partial charge in [0, 0.05) is 26.8 Å². The van der Waals surface area contributed by atoms with Crippen molar-refractivity contribution in [3.05, 3.63) is 70.4 Å². The topological polar surface area (TPSA) is 59.7 Å². The Bertz CT molecular complexity index is 1090. The van der Waals surface area contributed by atoms with E-state index in [1.54, 1.807) is 19.1 Å². The van der Waals surface area contributed by atoms with Gasteiger partial charge in [-0.2, -0.15) is 13.2 Å². The van der Waals surface area contributed by atoms with Crippen LogP contribution in [0, 0.1) is 6.92 Å². The van der Waals surface area contributed by atoms with Gasteiger partial charge in [-0.15, -0.1) is 11.8 Å². The Hall–Kier alpha value is -2.58. The van der Waals surface area contributed by atoms with Crippen molar-refractivity contribution in [3.63, 3.8) is 0 Å². The SMILES string of the molecule is CCC(Oc1ccc(SCc2cc(-c3ccc(Cl)cc3)oc2C)cc1C(F)(F)F)C(=O)O. The summed E-state index contributed by atoms with van der Waals surface area (Å²) in [6, 6.07) is 12.6. The van der Waals surface area contributed by atoms with Crippen molar-refractivity contribution in [2.24, 2.45) is 0 Å². The molecule has 3 rings (SSSR count). The van der Waals surface area contributed by atoms with E-state index in [2.05, 4.69) is 0 Å². The number of rotatable bonds is 8. The van der Waals surface area contributed by atoms with Gasteiger partial charge in [-0.1, -0.05) is 18.5 Å². The van der Waals surface area contributed by atoms with Crippen LogP contribution in [0.1, 0.15) is 30.2 Å². The number of aryl methyl sites for hydroxylation is 1. The molecule has 0 saturated carbocycles. The monoisotopic (exact) mass is 484 g/mol. The van der Waals surface area contributed by atoms with Crippen LogP contribution in [0.25, 0.3) is 11.3 Å². The molecule has 1 unspecified atom stereocenters. The first-order valence-corrected chi connectivity index (χ1v) is 11.0. The summed E-state index contributed by atoms with van der Waals surface area (Å²) >= 11 is 7.12. The van der Waals surface area contributed by atoms with Crippen molar-refractivity contribution in [2.45, 2.75) is 43.2 Å². The van der Waals surface area contributed by atoms with Gasteiger partial charge >= 0.3 is 12.1 Å². The number of carboxylic acids is 1. The predicted octanol–water partition coefficient (Wildman–Crippen LogP) is 7.46. The van der Waals surface area contributed by atoms with E-state index in [9.17, 15) is 18.0 Å². The third-order valence-electron chi connectivity index (χ3n) is 4.72. The number of aliphatic carboxylic acids is 1. The van der Waals surface area contributed by atoms with Crippen LogP contribution in [0.2, 0.25) is 5.02 Å². The van der Waals surface area contributed by atoms with Crippen molar-refractivity contribution in [2.75, 3.05) is 0 Å². The largest absolute Gasteiger partial charge is 0.479 e. The molecule has 0 spiro atoms. The number of benzene rings is 2. The Kier molecular flexibility index (Phi) is 7.46. The van der Waals surface area contributed by atoms with Gasteiger partial charge in [-0.05, 0) is 61.9 Å². The number of alkyl halides is 3. The average Bonchev–Trinajstić information content (AvgIpc) is 3.11. The molecule has 170 valence electrons. The Morgan fingerprint density at radius 1 is 1.19 bits per heavy atom. The molecular weight excluding hydrogens is 465 g/mol. The van der Waals surface area contributed by atoms with Crippen molar-refractivity contribution < 1.29 is 32.2 Å². The van der Waals surface area contributed by atoms with Crippen molar-refractivity contribution >= 4 is 29.3 Å². The van der Waals surface area contributed by atoms with E-state index < -0.39 is 29.6 Å². The van der Waals surface area contributed by atoms with E-state index in [1.807, 2.05) is 18.2 Å². The van der Waals surface area contributed by atoms with E-state index in [1.165, 1.54) is 24.8 Å². The highest BCUT2D eigenvalue weighted by atomic mass is 35.5. The minimum absolute atomic E-state index is 0.0405. The summed E-state index contributed by atoms with van der Waals surface area (Å²) in [5.41, 5.74) is 0.692. The lowest BCUT2D eigenvalue weighted by atomic mass is 10.1. The molecule has 1 aromatic heterocycles. The number of hydrogen-bond acceptors (Lipinski definition) is 4. The number of hydrogen-bond donors (Lipinski definition) is 1. The van der Waals surface area contributed by atoms with Gasteiger partial charge < -0.3 is 14.3 Å². The standard InChI is InChI=1S/C23H20ClF3O4S/c1-3-19(22(28)29)31-20-9-8-17(11-18(20)23(25,26)27)32-12-15-10-21(30-13(15)2)14-4-6-16(24)7-5-14/h4-11,19H,3,12H2,1-2H3,(H,28,29). The summed E-state index contributed by atoms with van der Waals surface area (Å²) in [5.74, 6) is -0.0984. The first kappa shape index (κ1) is 24.1. The molecule has 1 N–H and O–H groups in total. The van der Waals surface area contributed by atoms with Crippen LogP contribution in [-0.4, -0.2) is 17.2 Å². The normalized spacial score (nSPS) is 12.6. The van der Waals surface area contributed by atoms with Gasteiger partial charge in [0.1, 0.15) is 17.3 Å². The first-order chi connectivity index (χ1) is 15.1. The molecule has 4 nitrogen and oxygen atoms in total. The Morgan fingerprint density at radius 2 is 1.88 bits per heavy atom. The van der Waals surface area contributed by atoms with E-state index in [0.29, 0.717) is 27.2 Å². The molecule has 1 atom stereocenters. The lowest BCUT2D eigenvalue weighted by molar-refractivity contribution is -0.148. The summed E-state index contributed by atoms with van der Waals surface area (Å²) in [7, 11) is 0. The highest BCUT2D eigenvalue weighted by Gasteiger charge is 2.36. The van der Waals surface area contributed by atoms with Crippen LogP contribution in [0.15, 0.2) is 57.8 Å². The van der Waals surface area contributed by atoms with Gasteiger partial charge in [0.05, 0.1) is 5.56 Å². The molecule has 1 heterocycles. The van der Waals surface area contributed by atoms with Crippen LogP contribution in [0.5, 0.6) is 5.75 Å². The zero-order chi connectivity index (χ0) is 23.5. The molecule has 0 aliphatic carbocycles. The molecular formula is C23H20ClF3O4S. The summed E-state index contributed by atoms with van der Waals surface area (Å²) in [4.78, 5) is 11.5. The van der Waals surface area contributed by atoms with Crippen LogP contribution < -0.4 is 4.74 Å². The number of ether oxygens (including phenoxy) is 1. The van der Waals surface area contributed by atoms with Crippen LogP contribution >= 0.6 is 23.4 Å². The fraction of sp³-hybridized carbons (Fsp3) is 0.261. The average molecular weight is 485 g/mol. The number of furan rings is 1. The third kappa shape index (κ3) is 5.81. The van der Waals surface area contributed by atoms with Crippen molar-refractivity contribution in [1.82, 2.24) is 0 Å².